The van der Waals surface area contributed by atoms with Gasteiger partial charge in [-0.1, -0.05) is 39.8 Å². The van der Waals surface area contributed by atoms with E-state index in [1.807, 2.05) is 12.1 Å². The molecule has 0 bridgehead atoms. The minimum absolute atomic E-state index is 0.142. The van der Waals surface area contributed by atoms with Crippen LogP contribution in [0.5, 0.6) is 0 Å². The molecule has 0 heterocycles. The van der Waals surface area contributed by atoms with E-state index in [4.69, 9.17) is 0 Å². The Hall–Kier alpha value is -0.890. The lowest BCUT2D eigenvalue weighted by Gasteiger charge is -2.38. The van der Waals surface area contributed by atoms with Crippen LogP contribution in [0.15, 0.2) is 24.3 Å². The van der Waals surface area contributed by atoms with E-state index in [0.29, 0.717) is 23.3 Å². The number of halogens is 1. The van der Waals surface area contributed by atoms with Crippen LogP contribution in [0.25, 0.3) is 0 Å². The van der Waals surface area contributed by atoms with Crippen LogP contribution >= 0.6 is 0 Å². The van der Waals surface area contributed by atoms with Crippen molar-refractivity contribution in [3.05, 3.63) is 35.6 Å². The average Bonchev–Trinajstić information content (AvgIpc) is 2.27. The molecule has 0 aromatic heterocycles. The molecule has 1 atom stereocenters. The fraction of sp³-hybridized carbons (Fsp3) is 0.647. The summed E-state index contributed by atoms with van der Waals surface area (Å²) in [5, 5.41) is 3.66. The van der Waals surface area contributed by atoms with Crippen LogP contribution in [0, 0.1) is 17.2 Å². The van der Waals surface area contributed by atoms with Gasteiger partial charge < -0.3 is 5.32 Å². The molecule has 1 fully saturated rings. The van der Waals surface area contributed by atoms with Gasteiger partial charge in [0.2, 0.25) is 0 Å². The lowest BCUT2D eigenvalue weighted by molar-refractivity contribution is 0.215. The second-order valence-electron chi connectivity index (χ2n) is 7.09. The number of hydrogen-bond acceptors (Lipinski definition) is 1. The summed E-state index contributed by atoms with van der Waals surface area (Å²) in [5.74, 6) is 1.15. The first-order valence-corrected chi connectivity index (χ1v) is 7.35. The van der Waals surface area contributed by atoms with Crippen LogP contribution in [0.2, 0.25) is 0 Å². The fourth-order valence-corrected chi connectivity index (χ4v) is 2.44. The van der Waals surface area contributed by atoms with Gasteiger partial charge in [-0.25, -0.2) is 4.39 Å². The van der Waals surface area contributed by atoms with Crippen molar-refractivity contribution < 1.29 is 4.39 Å². The Morgan fingerprint density at radius 1 is 1.21 bits per heavy atom. The molecule has 1 aliphatic rings. The third-order valence-corrected chi connectivity index (χ3v) is 4.67. The zero-order valence-electron chi connectivity index (χ0n) is 12.5. The summed E-state index contributed by atoms with van der Waals surface area (Å²) in [6.45, 7) is 10.3. The minimum atomic E-state index is -0.142. The highest BCUT2D eigenvalue weighted by atomic mass is 19.1. The number of rotatable bonds is 4. The van der Waals surface area contributed by atoms with Crippen LogP contribution in [0.1, 0.15) is 52.0 Å². The molecule has 1 aromatic rings. The first kappa shape index (κ1) is 14.5. The van der Waals surface area contributed by atoms with Crippen molar-refractivity contribution in [1.82, 2.24) is 5.32 Å². The molecule has 1 N–H and O–H groups in total. The molecule has 106 valence electrons. The normalized spacial score (nSPS) is 24.9. The summed E-state index contributed by atoms with van der Waals surface area (Å²) in [5.41, 5.74) is 1.65. The van der Waals surface area contributed by atoms with Crippen molar-refractivity contribution in [2.75, 3.05) is 6.54 Å². The van der Waals surface area contributed by atoms with E-state index in [1.165, 1.54) is 18.4 Å². The van der Waals surface area contributed by atoms with Crippen molar-refractivity contribution >= 4 is 0 Å². The van der Waals surface area contributed by atoms with Gasteiger partial charge in [0.25, 0.3) is 0 Å². The average molecular weight is 263 g/mol. The van der Waals surface area contributed by atoms with Crippen molar-refractivity contribution in [3.8, 4) is 0 Å². The molecule has 1 aromatic carbocycles. The standard InChI is InChI=1S/C17H26FN/c1-12(17(2,3)4)11-19-16-9-14(10-16)13-5-7-15(18)8-6-13/h5-8,12,14,16,19H,9-11H2,1-4H3. The Kier molecular flexibility index (Phi) is 4.29. The Morgan fingerprint density at radius 3 is 2.32 bits per heavy atom. The highest BCUT2D eigenvalue weighted by Crippen LogP contribution is 2.37. The fourth-order valence-electron chi connectivity index (χ4n) is 2.44. The van der Waals surface area contributed by atoms with Crippen LogP contribution < -0.4 is 5.32 Å². The maximum absolute atomic E-state index is 12.9. The molecular formula is C17H26FN. The van der Waals surface area contributed by atoms with Gasteiger partial charge in [-0.3, -0.25) is 0 Å². The second-order valence-corrected chi connectivity index (χ2v) is 7.09. The molecule has 19 heavy (non-hydrogen) atoms. The Bertz CT molecular complexity index is 398. The van der Waals surface area contributed by atoms with Crippen LogP contribution in [0.3, 0.4) is 0 Å². The second kappa shape index (κ2) is 5.62. The van der Waals surface area contributed by atoms with Gasteiger partial charge in [0.05, 0.1) is 0 Å². The molecule has 0 aliphatic heterocycles. The Labute approximate surface area is 116 Å². The maximum atomic E-state index is 12.9. The predicted molar refractivity (Wildman–Crippen MR) is 78.8 cm³/mol. The largest absolute Gasteiger partial charge is 0.314 e. The van der Waals surface area contributed by atoms with E-state index < -0.39 is 0 Å². The van der Waals surface area contributed by atoms with Crippen LogP contribution in [-0.4, -0.2) is 12.6 Å². The summed E-state index contributed by atoms with van der Waals surface area (Å²) in [6.07, 6.45) is 2.37. The Morgan fingerprint density at radius 2 is 1.79 bits per heavy atom. The zero-order valence-corrected chi connectivity index (χ0v) is 12.5. The lowest BCUT2D eigenvalue weighted by atomic mass is 9.75. The number of hydrogen-bond donors (Lipinski definition) is 1. The molecule has 1 saturated carbocycles. The molecule has 0 spiro atoms. The first-order chi connectivity index (χ1) is 8.86. The highest BCUT2D eigenvalue weighted by Gasteiger charge is 2.31. The predicted octanol–water partition coefficient (Wildman–Crippen LogP) is 4.34. The molecule has 2 rings (SSSR count). The summed E-state index contributed by atoms with van der Waals surface area (Å²) in [4.78, 5) is 0. The van der Waals surface area contributed by atoms with Crippen LogP contribution in [0.4, 0.5) is 4.39 Å². The number of benzene rings is 1. The maximum Gasteiger partial charge on any atom is 0.123 e. The highest BCUT2D eigenvalue weighted by molar-refractivity contribution is 5.23. The van der Waals surface area contributed by atoms with Crippen molar-refractivity contribution in [3.63, 3.8) is 0 Å². The van der Waals surface area contributed by atoms with Crippen molar-refractivity contribution in [1.29, 1.82) is 0 Å². The summed E-state index contributed by atoms with van der Waals surface area (Å²) in [6, 6.07) is 7.62. The van der Waals surface area contributed by atoms with Crippen molar-refractivity contribution in [2.45, 2.75) is 52.5 Å². The minimum Gasteiger partial charge on any atom is -0.314 e. The molecule has 1 aliphatic carbocycles. The van der Waals surface area contributed by atoms with Gasteiger partial charge in [-0.05, 0) is 54.3 Å². The third-order valence-electron chi connectivity index (χ3n) is 4.67. The molecule has 0 amide bonds. The van der Waals surface area contributed by atoms with Gasteiger partial charge in [-0.2, -0.15) is 0 Å². The van der Waals surface area contributed by atoms with Crippen LogP contribution in [-0.2, 0) is 0 Å². The molecule has 1 nitrogen and oxygen atoms in total. The zero-order chi connectivity index (χ0) is 14.0. The molecular weight excluding hydrogens is 237 g/mol. The van der Waals surface area contributed by atoms with Gasteiger partial charge in [0, 0.05) is 6.04 Å². The van der Waals surface area contributed by atoms with Gasteiger partial charge in [0.1, 0.15) is 5.82 Å². The van der Waals surface area contributed by atoms with E-state index in [-0.39, 0.29) is 5.82 Å². The van der Waals surface area contributed by atoms with Gasteiger partial charge in [-0.15, -0.1) is 0 Å². The van der Waals surface area contributed by atoms with Crippen molar-refractivity contribution in [2.24, 2.45) is 11.3 Å². The smallest absolute Gasteiger partial charge is 0.123 e. The topological polar surface area (TPSA) is 12.0 Å². The van der Waals surface area contributed by atoms with E-state index in [9.17, 15) is 4.39 Å². The first-order valence-electron chi connectivity index (χ1n) is 7.35. The molecule has 0 saturated heterocycles. The van der Waals surface area contributed by atoms with Gasteiger partial charge in [0.15, 0.2) is 0 Å². The lowest BCUT2D eigenvalue weighted by Crippen LogP contribution is -2.43. The SMILES string of the molecule is CC(CNC1CC(c2ccc(F)cc2)C1)C(C)(C)C. The third kappa shape index (κ3) is 3.79. The van der Waals surface area contributed by atoms with E-state index >= 15 is 0 Å². The van der Waals surface area contributed by atoms with E-state index in [2.05, 4.69) is 33.0 Å². The van der Waals surface area contributed by atoms with E-state index in [0.717, 1.165) is 6.54 Å². The summed E-state index contributed by atoms with van der Waals surface area (Å²) < 4.78 is 12.9. The molecule has 2 heteroatoms. The molecule has 0 radical (unpaired) electrons. The monoisotopic (exact) mass is 263 g/mol. The summed E-state index contributed by atoms with van der Waals surface area (Å²) >= 11 is 0. The summed E-state index contributed by atoms with van der Waals surface area (Å²) in [7, 11) is 0. The molecule has 1 unspecified atom stereocenters. The quantitative estimate of drug-likeness (QED) is 0.852. The van der Waals surface area contributed by atoms with E-state index in [1.54, 1.807) is 12.1 Å². The van der Waals surface area contributed by atoms with Gasteiger partial charge >= 0.3 is 0 Å². The Balaban J connectivity index is 1.73. The number of nitrogens with one attached hydrogen (secondary N) is 1.